The minimum absolute atomic E-state index is 0.0491. The van der Waals surface area contributed by atoms with Crippen molar-refractivity contribution in [3.05, 3.63) is 12.7 Å². The van der Waals surface area contributed by atoms with Crippen LogP contribution in [0.3, 0.4) is 0 Å². The Morgan fingerprint density at radius 1 is 1.38 bits per heavy atom. The van der Waals surface area contributed by atoms with Gasteiger partial charge in [0.2, 0.25) is 15.9 Å². The number of sulfonamides is 1. The highest BCUT2D eigenvalue weighted by molar-refractivity contribution is 7.90. The van der Waals surface area contributed by atoms with Gasteiger partial charge in [-0.1, -0.05) is 19.9 Å². The van der Waals surface area contributed by atoms with Crippen LogP contribution in [0.25, 0.3) is 0 Å². The van der Waals surface area contributed by atoms with E-state index in [1.165, 1.54) is 6.92 Å². The van der Waals surface area contributed by atoms with Crippen molar-refractivity contribution in [2.24, 2.45) is 22.7 Å². The topological polar surface area (TPSA) is 71.5 Å². The summed E-state index contributed by atoms with van der Waals surface area (Å²) in [6.45, 7) is 9.40. The highest BCUT2D eigenvalue weighted by Gasteiger charge is 2.72. The molecule has 0 unspecified atom stereocenters. The van der Waals surface area contributed by atoms with Gasteiger partial charge in [-0.3, -0.25) is 9.59 Å². The van der Waals surface area contributed by atoms with Gasteiger partial charge >= 0.3 is 0 Å². The number of hydrogen-bond donors (Lipinski definition) is 0. The first kappa shape index (κ1) is 17.6. The Balaban J connectivity index is 1.90. The number of fused-ring (bicyclic) bond motifs is 1. The van der Waals surface area contributed by atoms with E-state index in [2.05, 4.69) is 20.4 Å². The summed E-state index contributed by atoms with van der Waals surface area (Å²) in [4.78, 5) is 25.1. The molecule has 0 radical (unpaired) electrons. The molecular formula is C18H27NO4S. The van der Waals surface area contributed by atoms with Crippen LogP contribution in [0, 0.1) is 22.7 Å². The summed E-state index contributed by atoms with van der Waals surface area (Å²) in [6.07, 6.45) is 5.01. The zero-order valence-corrected chi connectivity index (χ0v) is 15.6. The number of nitrogens with zero attached hydrogens (tertiary/aromatic N) is 1. The lowest BCUT2D eigenvalue weighted by Gasteiger charge is -2.37. The van der Waals surface area contributed by atoms with Crippen molar-refractivity contribution in [2.45, 2.75) is 58.9 Å². The van der Waals surface area contributed by atoms with E-state index in [4.69, 9.17) is 0 Å². The molecule has 1 heterocycles. The average Bonchev–Trinajstić information content (AvgIpc) is 2.98. The van der Waals surface area contributed by atoms with Crippen LogP contribution in [0.2, 0.25) is 0 Å². The summed E-state index contributed by atoms with van der Waals surface area (Å²) in [5, 5.41) is 0. The van der Waals surface area contributed by atoms with Crippen molar-refractivity contribution in [1.29, 1.82) is 0 Å². The van der Waals surface area contributed by atoms with Gasteiger partial charge in [0.15, 0.2) is 0 Å². The van der Waals surface area contributed by atoms with Gasteiger partial charge in [0.25, 0.3) is 0 Å². The molecule has 2 saturated carbocycles. The van der Waals surface area contributed by atoms with Crippen LogP contribution in [0.1, 0.15) is 52.9 Å². The molecule has 0 N–H and O–H groups in total. The van der Waals surface area contributed by atoms with Gasteiger partial charge in [0.05, 0.1) is 17.7 Å². The van der Waals surface area contributed by atoms with Crippen LogP contribution in [0.5, 0.6) is 0 Å². The Bertz CT molecular complexity index is 696. The molecule has 1 amide bonds. The predicted molar refractivity (Wildman–Crippen MR) is 91.6 cm³/mol. The Hall–Kier alpha value is -1.17. The number of hydrogen-bond acceptors (Lipinski definition) is 4. The molecule has 3 rings (SSSR count). The minimum atomic E-state index is -3.65. The second-order valence-electron chi connectivity index (χ2n) is 8.27. The largest absolute Gasteiger partial charge is 0.299 e. The SMILES string of the molecule is C=CCCC(=O)[C@@H](C)C(=O)N1[C@@H]2C[C@H]3CC[C@]2(CS1(=O)=O)C3(C)C. The maximum absolute atomic E-state index is 12.9. The molecule has 0 aromatic carbocycles. The third-order valence-corrected chi connectivity index (χ3v) is 8.99. The number of carbonyl (C=O) groups is 2. The Kier molecular flexibility index (Phi) is 3.98. The van der Waals surface area contributed by atoms with Crippen molar-refractivity contribution in [3.8, 4) is 0 Å². The van der Waals surface area contributed by atoms with Gasteiger partial charge in [-0.15, -0.1) is 6.58 Å². The molecule has 4 atom stereocenters. The molecule has 1 spiro atoms. The van der Waals surface area contributed by atoms with Crippen LogP contribution < -0.4 is 0 Å². The van der Waals surface area contributed by atoms with Crippen LogP contribution in [0.15, 0.2) is 12.7 Å². The standard InChI is InChI=1S/C18H27NO4S/c1-5-6-7-14(20)12(2)16(21)19-15-10-13-8-9-18(15,17(13,3)4)11-24(19,22)23/h5,12-13,15H,1,6-11H2,2-4H3/t12-,13-,15-,18-/m1/s1. The molecule has 0 aromatic rings. The Morgan fingerprint density at radius 2 is 2.04 bits per heavy atom. The van der Waals surface area contributed by atoms with Crippen molar-refractivity contribution in [3.63, 3.8) is 0 Å². The molecular weight excluding hydrogens is 326 g/mol. The third kappa shape index (κ3) is 2.14. The summed E-state index contributed by atoms with van der Waals surface area (Å²) in [6, 6.07) is -0.265. The van der Waals surface area contributed by atoms with Crippen molar-refractivity contribution in [2.75, 3.05) is 5.75 Å². The van der Waals surface area contributed by atoms with E-state index in [0.29, 0.717) is 12.3 Å². The molecule has 3 fully saturated rings. The highest BCUT2D eigenvalue weighted by Crippen LogP contribution is 2.70. The van der Waals surface area contributed by atoms with E-state index < -0.39 is 21.8 Å². The fourth-order valence-corrected chi connectivity index (χ4v) is 7.98. The van der Waals surface area contributed by atoms with Gasteiger partial charge < -0.3 is 0 Å². The lowest BCUT2D eigenvalue weighted by Crippen LogP contribution is -2.47. The quantitative estimate of drug-likeness (QED) is 0.562. The molecule has 2 bridgehead atoms. The number of carbonyl (C=O) groups excluding carboxylic acids is 2. The van der Waals surface area contributed by atoms with Gasteiger partial charge in [-0.05, 0) is 43.9 Å². The Morgan fingerprint density at radius 3 is 2.62 bits per heavy atom. The smallest absolute Gasteiger partial charge is 0.246 e. The monoisotopic (exact) mass is 353 g/mol. The molecule has 3 aliphatic rings. The molecule has 24 heavy (non-hydrogen) atoms. The molecule has 2 aliphatic carbocycles. The first-order chi connectivity index (χ1) is 11.1. The van der Waals surface area contributed by atoms with Gasteiger partial charge in [0.1, 0.15) is 5.78 Å². The zero-order chi connectivity index (χ0) is 17.9. The van der Waals surface area contributed by atoms with Crippen LogP contribution >= 0.6 is 0 Å². The van der Waals surface area contributed by atoms with Crippen molar-refractivity contribution in [1.82, 2.24) is 4.31 Å². The number of allylic oxidation sites excluding steroid dienone is 1. The number of amides is 1. The van der Waals surface area contributed by atoms with E-state index in [1.807, 2.05) is 0 Å². The van der Waals surface area contributed by atoms with E-state index in [-0.39, 0.29) is 34.8 Å². The van der Waals surface area contributed by atoms with E-state index >= 15 is 0 Å². The van der Waals surface area contributed by atoms with Crippen LogP contribution in [-0.2, 0) is 19.6 Å². The minimum Gasteiger partial charge on any atom is -0.299 e. The first-order valence-electron chi connectivity index (χ1n) is 8.78. The third-order valence-electron chi connectivity index (χ3n) is 7.08. The van der Waals surface area contributed by atoms with Crippen LogP contribution in [-0.4, -0.2) is 36.2 Å². The second kappa shape index (κ2) is 5.41. The van der Waals surface area contributed by atoms with E-state index in [0.717, 1.165) is 23.6 Å². The van der Waals surface area contributed by atoms with E-state index in [9.17, 15) is 18.0 Å². The predicted octanol–water partition coefficient (Wildman–Crippen LogP) is 2.52. The first-order valence-corrected chi connectivity index (χ1v) is 10.4. The summed E-state index contributed by atoms with van der Waals surface area (Å²) in [5.41, 5.74) is -0.411. The zero-order valence-electron chi connectivity index (χ0n) is 14.7. The van der Waals surface area contributed by atoms with Crippen molar-refractivity contribution >= 4 is 21.7 Å². The second-order valence-corrected chi connectivity index (χ2v) is 10.1. The molecule has 134 valence electrons. The maximum Gasteiger partial charge on any atom is 0.246 e. The maximum atomic E-state index is 12.9. The number of rotatable bonds is 5. The molecule has 1 saturated heterocycles. The van der Waals surface area contributed by atoms with Gasteiger partial charge in [-0.2, -0.15) is 0 Å². The van der Waals surface area contributed by atoms with E-state index in [1.54, 1.807) is 6.08 Å². The van der Waals surface area contributed by atoms with Crippen molar-refractivity contribution < 1.29 is 18.0 Å². The summed E-state index contributed by atoms with van der Waals surface area (Å²) < 4.78 is 26.7. The average molecular weight is 353 g/mol. The Labute approximate surface area is 144 Å². The summed E-state index contributed by atoms with van der Waals surface area (Å²) in [5.74, 6) is -1.14. The molecule has 5 nitrogen and oxygen atoms in total. The molecule has 6 heteroatoms. The lowest BCUT2D eigenvalue weighted by molar-refractivity contribution is -0.138. The summed E-state index contributed by atoms with van der Waals surface area (Å²) in [7, 11) is -3.65. The normalized spacial score (nSPS) is 36.4. The fraction of sp³-hybridized carbons (Fsp3) is 0.778. The van der Waals surface area contributed by atoms with Gasteiger partial charge in [0, 0.05) is 11.8 Å². The fourth-order valence-electron chi connectivity index (χ4n) is 5.37. The molecule has 1 aliphatic heterocycles. The van der Waals surface area contributed by atoms with Crippen LogP contribution in [0.4, 0.5) is 0 Å². The van der Waals surface area contributed by atoms with Gasteiger partial charge in [-0.25, -0.2) is 12.7 Å². The highest BCUT2D eigenvalue weighted by atomic mass is 32.2. The lowest BCUT2D eigenvalue weighted by atomic mass is 9.69. The molecule has 0 aromatic heterocycles. The summed E-state index contributed by atoms with van der Waals surface area (Å²) >= 11 is 0. The number of ketones is 1. The number of Topliss-reactive ketones (excluding diaryl/α,β-unsaturated/α-hetero) is 1.